The molecule has 0 bridgehead atoms. The highest BCUT2D eigenvalue weighted by molar-refractivity contribution is 7.90. The van der Waals surface area contributed by atoms with Crippen molar-refractivity contribution in [2.45, 2.75) is 19.1 Å². The van der Waals surface area contributed by atoms with Crippen molar-refractivity contribution in [1.29, 1.82) is 0 Å². The predicted octanol–water partition coefficient (Wildman–Crippen LogP) is 1.18. The minimum Gasteiger partial charge on any atom is -0.369 e. The average Bonchev–Trinajstić information content (AvgIpc) is 2.48. The van der Waals surface area contributed by atoms with Crippen LogP contribution in [0.3, 0.4) is 0 Å². The normalized spacial score (nSPS) is 22.6. The van der Waals surface area contributed by atoms with Gasteiger partial charge in [-0.15, -0.1) is 0 Å². The van der Waals surface area contributed by atoms with E-state index in [2.05, 4.69) is 4.72 Å². The summed E-state index contributed by atoms with van der Waals surface area (Å²) in [4.78, 5) is 13.8. The van der Waals surface area contributed by atoms with Crippen LogP contribution in [-0.2, 0) is 19.6 Å². The summed E-state index contributed by atoms with van der Waals surface area (Å²) in [7, 11) is -2.30. The first-order valence-corrected chi connectivity index (χ1v) is 8.94. The van der Waals surface area contributed by atoms with Gasteiger partial charge in [0.05, 0.1) is 19.2 Å². The molecule has 0 spiro atoms. The molecule has 1 aliphatic rings. The van der Waals surface area contributed by atoms with E-state index in [1.807, 2.05) is 25.1 Å². The Balaban J connectivity index is 2.15. The van der Waals surface area contributed by atoms with E-state index in [1.54, 1.807) is 6.07 Å². The molecule has 1 saturated heterocycles. The second-order valence-electron chi connectivity index (χ2n) is 5.20. The molecule has 2 unspecified atom stereocenters. The fourth-order valence-corrected chi connectivity index (χ4v) is 3.24. The van der Waals surface area contributed by atoms with Gasteiger partial charge in [-0.05, 0) is 20.0 Å². The number of benzene rings is 1. The zero-order valence-electron chi connectivity index (χ0n) is 12.5. The number of sulfonamides is 1. The Morgan fingerprint density at radius 2 is 2.14 bits per heavy atom. The maximum atomic E-state index is 12.3. The highest BCUT2D eigenvalue weighted by atomic mass is 35.5. The van der Waals surface area contributed by atoms with Gasteiger partial charge < -0.3 is 9.64 Å². The molecule has 22 heavy (non-hydrogen) atoms. The molecule has 122 valence electrons. The number of hydrogen-bond acceptors (Lipinski definition) is 4. The maximum Gasteiger partial charge on any atom is 0.239 e. The van der Waals surface area contributed by atoms with Crippen LogP contribution in [0.4, 0.5) is 0 Å². The highest BCUT2D eigenvalue weighted by Crippen LogP contribution is 2.29. The molecular weight excluding hydrogens is 328 g/mol. The van der Waals surface area contributed by atoms with Gasteiger partial charge in [-0.1, -0.05) is 29.8 Å². The second-order valence-corrected chi connectivity index (χ2v) is 7.54. The topological polar surface area (TPSA) is 75.7 Å². The van der Waals surface area contributed by atoms with E-state index in [0.29, 0.717) is 11.6 Å². The van der Waals surface area contributed by atoms with Crippen LogP contribution in [-0.4, -0.2) is 51.2 Å². The van der Waals surface area contributed by atoms with Crippen LogP contribution in [0.1, 0.15) is 18.6 Å². The molecule has 1 N–H and O–H groups in total. The summed E-state index contributed by atoms with van der Waals surface area (Å²) in [6, 6.07) is 7.09. The molecule has 0 saturated carbocycles. The van der Waals surface area contributed by atoms with Gasteiger partial charge in [0.25, 0.3) is 0 Å². The Morgan fingerprint density at radius 3 is 2.77 bits per heavy atom. The first-order chi connectivity index (χ1) is 10.3. The molecular formula is C14H19ClN2O4S. The van der Waals surface area contributed by atoms with Crippen molar-refractivity contribution in [1.82, 2.24) is 9.62 Å². The quantitative estimate of drug-likeness (QED) is 0.888. The Hall–Kier alpha value is -1.15. The zero-order valence-corrected chi connectivity index (χ0v) is 14.0. The number of halogens is 1. The van der Waals surface area contributed by atoms with E-state index < -0.39 is 21.7 Å². The van der Waals surface area contributed by atoms with Crippen LogP contribution in [0.15, 0.2) is 24.3 Å². The second kappa shape index (κ2) is 6.95. The molecule has 6 nitrogen and oxygen atoms in total. The first-order valence-electron chi connectivity index (χ1n) is 6.91. The van der Waals surface area contributed by atoms with Crippen LogP contribution >= 0.6 is 11.6 Å². The van der Waals surface area contributed by atoms with E-state index in [0.717, 1.165) is 5.56 Å². The van der Waals surface area contributed by atoms with Crippen LogP contribution in [0.2, 0.25) is 5.02 Å². The number of nitrogens with one attached hydrogen (secondary N) is 1. The number of amides is 1. The number of nitrogens with zero attached hydrogens (tertiary/aromatic N) is 1. The van der Waals surface area contributed by atoms with Crippen molar-refractivity contribution in [2.75, 3.05) is 26.0 Å². The van der Waals surface area contributed by atoms with E-state index in [-0.39, 0.29) is 18.7 Å². The number of ether oxygens (including phenoxy) is 1. The predicted molar refractivity (Wildman–Crippen MR) is 84.2 cm³/mol. The first kappa shape index (κ1) is 17.2. The van der Waals surface area contributed by atoms with Gasteiger partial charge in [0.2, 0.25) is 15.9 Å². The van der Waals surface area contributed by atoms with Crippen molar-refractivity contribution >= 4 is 27.5 Å². The average molecular weight is 347 g/mol. The van der Waals surface area contributed by atoms with Crippen molar-refractivity contribution in [2.24, 2.45) is 0 Å². The molecule has 2 atom stereocenters. The molecule has 1 amide bonds. The number of hydrogen-bond donors (Lipinski definition) is 1. The third-order valence-electron chi connectivity index (χ3n) is 3.63. The molecule has 0 aliphatic carbocycles. The lowest BCUT2D eigenvalue weighted by atomic mass is 10.1. The van der Waals surface area contributed by atoms with Gasteiger partial charge in [-0.3, -0.25) is 4.79 Å². The van der Waals surface area contributed by atoms with Crippen molar-refractivity contribution in [3.63, 3.8) is 0 Å². The van der Waals surface area contributed by atoms with Crippen LogP contribution in [0.25, 0.3) is 0 Å². The van der Waals surface area contributed by atoms with Gasteiger partial charge in [0, 0.05) is 10.6 Å². The number of rotatable bonds is 4. The van der Waals surface area contributed by atoms with Gasteiger partial charge in [-0.2, -0.15) is 0 Å². The fraction of sp³-hybridized carbons (Fsp3) is 0.500. The number of morpholine rings is 1. The molecule has 0 radical (unpaired) electrons. The molecule has 0 aromatic heterocycles. The largest absolute Gasteiger partial charge is 0.369 e. The molecule has 1 aromatic rings. The summed E-state index contributed by atoms with van der Waals surface area (Å²) >= 11 is 6.16. The smallest absolute Gasteiger partial charge is 0.239 e. The molecule has 1 heterocycles. The monoisotopic (exact) mass is 346 g/mol. The van der Waals surface area contributed by atoms with Gasteiger partial charge >= 0.3 is 0 Å². The molecule has 2 rings (SSSR count). The Labute approximate surface area is 135 Å². The SMILES string of the molecule is CNS(=O)(=O)CC(=O)N1CC(c2ccccc2Cl)OCC1C. The maximum absolute atomic E-state index is 12.3. The van der Waals surface area contributed by atoms with E-state index >= 15 is 0 Å². The zero-order chi connectivity index (χ0) is 16.3. The van der Waals surface area contributed by atoms with E-state index in [9.17, 15) is 13.2 Å². The highest BCUT2D eigenvalue weighted by Gasteiger charge is 2.32. The molecule has 1 aromatic carbocycles. The third kappa shape index (κ3) is 3.98. The molecule has 1 aliphatic heterocycles. The summed E-state index contributed by atoms with van der Waals surface area (Å²) in [5, 5.41) is 0.567. The summed E-state index contributed by atoms with van der Waals surface area (Å²) in [5.41, 5.74) is 0.797. The number of carbonyl (C=O) groups is 1. The lowest BCUT2D eigenvalue weighted by molar-refractivity contribution is -0.141. The van der Waals surface area contributed by atoms with E-state index in [1.165, 1.54) is 11.9 Å². The van der Waals surface area contributed by atoms with E-state index in [4.69, 9.17) is 16.3 Å². The minimum absolute atomic E-state index is 0.182. The van der Waals surface area contributed by atoms with Crippen molar-refractivity contribution < 1.29 is 17.9 Å². The van der Waals surface area contributed by atoms with Crippen molar-refractivity contribution in [3.05, 3.63) is 34.9 Å². The summed E-state index contributed by atoms with van der Waals surface area (Å²) in [6.45, 7) is 2.44. The van der Waals surface area contributed by atoms with Crippen molar-refractivity contribution in [3.8, 4) is 0 Å². The van der Waals surface area contributed by atoms with Crippen LogP contribution in [0, 0.1) is 0 Å². The Bertz CT molecular complexity index is 650. The fourth-order valence-electron chi connectivity index (χ4n) is 2.35. The minimum atomic E-state index is -3.59. The lowest BCUT2D eigenvalue weighted by Crippen LogP contribution is -2.50. The Kier molecular flexibility index (Phi) is 5.44. The number of carbonyl (C=O) groups excluding carboxylic acids is 1. The van der Waals surface area contributed by atoms with Crippen LogP contribution in [0.5, 0.6) is 0 Å². The standard InChI is InChI=1S/C14H19ClN2O4S/c1-10-8-21-13(11-5-3-4-6-12(11)15)7-17(10)14(18)9-22(19,20)16-2/h3-6,10,13,16H,7-9H2,1-2H3. The Morgan fingerprint density at radius 1 is 1.45 bits per heavy atom. The molecule has 1 fully saturated rings. The summed E-state index contributed by atoms with van der Waals surface area (Å²) in [5.74, 6) is -1.01. The van der Waals surface area contributed by atoms with Gasteiger partial charge in [0.1, 0.15) is 11.9 Å². The summed E-state index contributed by atoms with van der Waals surface area (Å²) in [6.07, 6.45) is -0.355. The van der Waals surface area contributed by atoms with Gasteiger partial charge in [0.15, 0.2) is 0 Å². The lowest BCUT2D eigenvalue weighted by Gasteiger charge is -2.38. The summed E-state index contributed by atoms with van der Waals surface area (Å²) < 4.78 is 31.0. The third-order valence-corrected chi connectivity index (χ3v) is 5.22. The van der Waals surface area contributed by atoms with Gasteiger partial charge in [-0.25, -0.2) is 13.1 Å². The van der Waals surface area contributed by atoms with Crippen LogP contribution < -0.4 is 4.72 Å². The molecule has 8 heteroatoms.